The van der Waals surface area contributed by atoms with Crippen molar-refractivity contribution in [2.45, 2.75) is 117 Å². The Hall–Kier alpha value is -0.0400. The lowest BCUT2D eigenvalue weighted by atomic mass is 9.71. The molecule has 0 aliphatic heterocycles. The first-order valence-electron chi connectivity index (χ1n) is 10.8. The molecule has 0 heterocycles. The first-order valence-corrected chi connectivity index (χ1v) is 10.8. The van der Waals surface area contributed by atoms with Gasteiger partial charge >= 0.3 is 0 Å². The van der Waals surface area contributed by atoms with Crippen molar-refractivity contribution in [1.82, 2.24) is 0 Å². The van der Waals surface area contributed by atoms with Gasteiger partial charge in [-0.3, -0.25) is 0 Å². The van der Waals surface area contributed by atoms with Crippen molar-refractivity contribution in [2.24, 2.45) is 23.7 Å². The molecule has 1 fully saturated rings. The smallest absolute Gasteiger partial charge is 0.0596 e. The summed E-state index contributed by atoms with van der Waals surface area (Å²) in [7, 11) is 0. The van der Waals surface area contributed by atoms with Crippen molar-refractivity contribution in [2.75, 3.05) is 0 Å². The third kappa shape index (κ3) is 7.59. The summed E-state index contributed by atoms with van der Waals surface area (Å²) in [6, 6.07) is 0. The monoisotopic (exact) mass is 324 g/mol. The Bertz CT molecular complexity index is 249. The van der Waals surface area contributed by atoms with Gasteiger partial charge in [-0.1, -0.05) is 85.5 Å². The molecular formula is C22H44O. The van der Waals surface area contributed by atoms with Crippen LogP contribution < -0.4 is 0 Å². The van der Waals surface area contributed by atoms with E-state index in [2.05, 4.69) is 27.7 Å². The maximum atomic E-state index is 11.0. The van der Waals surface area contributed by atoms with Gasteiger partial charge in [0.15, 0.2) is 0 Å². The zero-order chi connectivity index (χ0) is 17.1. The molecule has 0 unspecified atom stereocenters. The van der Waals surface area contributed by atoms with Crippen molar-refractivity contribution in [3.8, 4) is 0 Å². The summed E-state index contributed by atoms with van der Waals surface area (Å²) in [5, 5.41) is 11.0. The maximum Gasteiger partial charge on any atom is 0.0596 e. The van der Waals surface area contributed by atoms with Crippen LogP contribution in [0.1, 0.15) is 111 Å². The van der Waals surface area contributed by atoms with Gasteiger partial charge in [-0.15, -0.1) is 0 Å². The molecule has 1 N–H and O–H groups in total. The topological polar surface area (TPSA) is 20.2 Å². The van der Waals surface area contributed by atoms with E-state index in [0.717, 1.165) is 11.8 Å². The normalized spacial score (nSPS) is 25.4. The quantitative estimate of drug-likeness (QED) is 0.410. The van der Waals surface area contributed by atoms with Gasteiger partial charge in [-0.25, -0.2) is 0 Å². The van der Waals surface area contributed by atoms with Gasteiger partial charge in [-0.05, 0) is 49.4 Å². The molecule has 1 rings (SSSR count). The molecule has 0 radical (unpaired) electrons. The molecule has 0 aromatic heterocycles. The van der Waals surface area contributed by atoms with Crippen LogP contribution in [0.15, 0.2) is 0 Å². The summed E-state index contributed by atoms with van der Waals surface area (Å²) >= 11 is 0. The average molecular weight is 325 g/mol. The van der Waals surface area contributed by atoms with E-state index in [1.54, 1.807) is 0 Å². The summed E-state index contributed by atoms with van der Waals surface area (Å²) in [5.74, 6) is 2.85. The Kier molecular flexibility index (Phi) is 11.3. The van der Waals surface area contributed by atoms with Crippen LogP contribution >= 0.6 is 0 Å². The van der Waals surface area contributed by atoms with Crippen LogP contribution in [-0.4, -0.2) is 11.2 Å². The second-order valence-electron chi connectivity index (χ2n) is 8.25. The van der Waals surface area contributed by atoms with Gasteiger partial charge in [0.1, 0.15) is 0 Å². The zero-order valence-corrected chi connectivity index (χ0v) is 16.5. The van der Waals surface area contributed by atoms with E-state index in [1.165, 1.54) is 83.5 Å². The lowest BCUT2D eigenvalue weighted by Crippen LogP contribution is -2.35. The third-order valence-corrected chi connectivity index (χ3v) is 6.47. The molecule has 1 saturated carbocycles. The predicted molar refractivity (Wildman–Crippen MR) is 103 cm³/mol. The second-order valence-corrected chi connectivity index (χ2v) is 8.25. The fourth-order valence-corrected chi connectivity index (χ4v) is 4.70. The highest BCUT2D eigenvalue weighted by atomic mass is 16.3. The van der Waals surface area contributed by atoms with Crippen LogP contribution in [0.2, 0.25) is 0 Å². The van der Waals surface area contributed by atoms with Crippen LogP contribution in [0.5, 0.6) is 0 Å². The number of aliphatic hydroxyl groups excluding tert-OH is 1. The standard InChI is InChI=1S/C22H44O/c1-5-9-12-18(7-3)16-20-14-11-15-21(22(20)23)17-19(8-4)13-10-6-2/h18-23H,5-17H2,1-4H3/t18-,19-,20-,21-/m1/s1. The van der Waals surface area contributed by atoms with Crippen molar-refractivity contribution in [1.29, 1.82) is 0 Å². The second kappa shape index (κ2) is 12.3. The van der Waals surface area contributed by atoms with Gasteiger partial charge in [0.2, 0.25) is 0 Å². The summed E-state index contributed by atoms with van der Waals surface area (Å²) in [5.41, 5.74) is 0. The van der Waals surface area contributed by atoms with Gasteiger partial charge in [0.25, 0.3) is 0 Å². The zero-order valence-electron chi connectivity index (χ0n) is 16.5. The first kappa shape index (κ1) is 21.0. The summed E-state index contributed by atoms with van der Waals surface area (Å²) < 4.78 is 0. The molecule has 0 aromatic carbocycles. The number of hydrogen-bond acceptors (Lipinski definition) is 1. The van der Waals surface area contributed by atoms with E-state index >= 15 is 0 Å². The molecule has 1 aliphatic rings. The van der Waals surface area contributed by atoms with Crippen molar-refractivity contribution < 1.29 is 5.11 Å². The maximum absolute atomic E-state index is 11.0. The molecule has 23 heavy (non-hydrogen) atoms. The van der Waals surface area contributed by atoms with Gasteiger partial charge < -0.3 is 5.11 Å². The third-order valence-electron chi connectivity index (χ3n) is 6.47. The Balaban J connectivity index is 2.50. The van der Waals surface area contributed by atoms with Crippen LogP contribution in [-0.2, 0) is 0 Å². The van der Waals surface area contributed by atoms with Gasteiger partial charge in [0, 0.05) is 0 Å². The lowest BCUT2D eigenvalue weighted by Gasteiger charge is -2.38. The van der Waals surface area contributed by atoms with E-state index < -0.39 is 0 Å². The van der Waals surface area contributed by atoms with E-state index in [1.807, 2.05) is 0 Å². The van der Waals surface area contributed by atoms with E-state index in [0.29, 0.717) is 11.8 Å². The molecule has 4 atom stereocenters. The largest absolute Gasteiger partial charge is 0.393 e. The lowest BCUT2D eigenvalue weighted by molar-refractivity contribution is -0.00432. The summed E-state index contributed by atoms with van der Waals surface area (Å²) in [6.45, 7) is 9.26. The molecule has 1 heteroatoms. The van der Waals surface area contributed by atoms with Gasteiger partial charge in [-0.2, -0.15) is 0 Å². The van der Waals surface area contributed by atoms with Crippen LogP contribution in [0.4, 0.5) is 0 Å². The number of hydrogen-bond donors (Lipinski definition) is 1. The molecule has 0 saturated heterocycles. The number of rotatable bonds is 12. The minimum Gasteiger partial charge on any atom is -0.393 e. The Morgan fingerprint density at radius 1 is 0.783 bits per heavy atom. The molecule has 1 nitrogen and oxygen atoms in total. The number of unbranched alkanes of at least 4 members (excludes halogenated alkanes) is 2. The summed E-state index contributed by atoms with van der Waals surface area (Å²) in [6.07, 6.45) is 17.1. The first-order chi connectivity index (χ1) is 11.2. The molecule has 0 amide bonds. The minimum atomic E-state index is -0.0184. The highest BCUT2D eigenvalue weighted by Crippen LogP contribution is 2.39. The van der Waals surface area contributed by atoms with Crippen molar-refractivity contribution in [3.05, 3.63) is 0 Å². The molecule has 0 spiro atoms. The average Bonchev–Trinajstić information content (AvgIpc) is 2.57. The van der Waals surface area contributed by atoms with Crippen LogP contribution in [0.25, 0.3) is 0 Å². The Morgan fingerprint density at radius 3 is 1.57 bits per heavy atom. The van der Waals surface area contributed by atoms with Gasteiger partial charge in [0.05, 0.1) is 6.10 Å². The SMILES string of the molecule is CCCC[C@@H](CC)C[C@H]1CCC[C@H](C[C@H](CC)CCCC)C1O. The number of aliphatic hydroxyl groups is 1. The highest BCUT2D eigenvalue weighted by molar-refractivity contribution is 4.84. The molecule has 1 aliphatic carbocycles. The Morgan fingerprint density at radius 2 is 1.22 bits per heavy atom. The molecule has 0 bridgehead atoms. The fourth-order valence-electron chi connectivity index (χ4n) is 4.70. The summed E-state index contributed by atoms with van der Waals surface area (Å²) in [4.78, 5) is 0. The van der Waals surface area contributed by atoms with E-state index in [9.17, 15) is 5.11 Å². The molecular weight excluding hydrogens is 280 g/mol. The predicted octanol–water partition coefficient (Wildman–Crippen LogP) is 6.98. The van der Waals surface area contributed by atoms with E-state index in [4.69, 9.17) is 0 Å². The van der Waals surface area contributed by atoms with E-state index in [-0.39, 0.29) is 6.10 Å². The fraction of sp³-hybridized carbons (Fsp3) is 1.00. The minimum absolute atomic E-state index is 0.0184. The highest BCUT2D eigenvalue weighted by Gasteiger charge is 2.33. The van der Waals surface area contributed by atoms with Crippen molar-refractivity contribution in [3.63, 3.8) is 0 Å². The molecule has 0 aromatic rings. The van der Waals surface area contributed by atoms with Crippen LogP contribution in [0, 0.1) is 23.7 Å². The van der Waals surface area contributed by atoms with Crippen LogP contribution in [0.3, 0.4) is 0 Å². The van der Waals surface area contributed by atoms with Crippen molar-refractivity contribution >= 4 is 0 Å². The Labute approximate surface area is 146 Å². The molecule has 138 valence electrons.